The summed E-state index contributed by atoms with van der Waals surface area (Å²) >= 11 is 0. The van der Waals surface area contributed by atoms with Gasteiger partial charge in [-0.3, -0.25) is 4.90 Å². The Morgan fingerprint density at radius 1 is 1.11 bits per heavy atom. The van der Waals surface area contributed by atoms with Crippen LogP contribution in [-0.2, 0) is 19.5 Å². The SMILES string of the molecule is Cc1onc(-c2ccccc2)c1CN1CCc2nc(-c3ccco3)ncc2C1. The number of aromatic nitrogens is 3. The van der Waals surface area contributed by atoms with Crippen molar-refractivity contribution in [1.29, 1.82) is 0 Å². The molecular weight excluding hydrogens is 352 g/mol. The van der Waals surface area contributed by atoms with Gasteiger partial charge in [0.2, 0.25) is 0 Å². The third-order valence-electron chi connectivity index (χ3n) is 5.17. The van der Waals surface area contributed by atoms with Crippen molar-refractivity contribution in [2.45, 2.75) is 26.4 Å². The Labute approximate surface area is 162 Å². The zero-order valence-corrected chi connectivity index (χ0v) is 15.6. The molecule has 6 nitrogen and oxygen atoms in total. The Morgan fingerprint density at radius 2 is 2.00 bits per heavy atom. The summed E-state index contributed by atoms with van der Waals surface area (Å²) in [6, 6.07) is 13.9. The van der Waals surface area contributed by atoms with Gasteiger partial charge in [0.1, 0.15) is 11.5 Å². The maximum atomic E-state index is 5.51. The van der Waals surface area contributed by atoms with Gasteiger partial charge in [0.25, 0.3) is 0 Å². The molecular formula is C22H20N4O2. The van der Waals surface area contributed by atoms with Crippen LogP contribution in [0.25, 0.3) is 22.8 Å². The van der Waals surface area contributed by atoms with E-state index in [-0.39, 0.29) is 0 Å². The molecule has 0 saturated heterocycles. The lowest BCUT2D eigenvalue weighted by Crippen LogP contribution is -2.31. The van der Waals surface area contributed by atoms with Crippen molar-refractivity contribution in [1.82, 2.24) is 20.0 Å². The quantitative estimate of drug-likeness (QED) is 0.533. The Bertz CT molecular complexity index is 1090. The fraction of sp³-hybridized carbons (Fsp3) is 0.227. The Morgan fingerprint density at radius 3 is 2.82 bits per heavy atom. The maximum absolute atomic E-state index is 5.51. The molecule has 140 valence electrons. The molecule has 0 fully saturated rings. The summed E-state index contributed by atoms with van der Waals surface area (Å²) in [6.07, 6.45) is 4.45. The van der Waals surface area contributed by atoms with Crippen LogP contribution in [0.3, 0.4) is 0 Å². The van der Waals surface area contributed by atoms with Crippen molar-refractivity contribution in [3.63, 3.8) is 0 Å². The molecule has 28 heavy (non-hydrogen) atoms. The lowest BCUT2D eigenvalue weighted by Gasteiger charge is -2.28. The first-order valence-electron chi connectivity index (χ1n) is 9.39. The van der Waals surface area contributed by atoms with E-state index in [1.807, 2.05) is 43.5 Å². The topological polar surface area (TPSA) is 68.2 Å². The molecule has 0 saturated carbocycles. The summed E-state index contributed by atoms with van der Waals surface area (Å²) in [5.74, 6) is 2.23. The molecule has 4 aromatic rings. The lowest BCUT2D eigenvalue weighted by molar-refractivity contribution is 0.241. The molecule has 6 heteroatoms. The molecule has 4 heterocycles. The fourth-order valence-electron chi connectivity index (χ4n) is 3.66. The summed E-state index contributed by atoms with van der Waals surface area (Å²) in [5.41, 5.74) is 5.41. The van der Waals surface area contributed by atoms with E-state index in [0.717, 1.165) is 59.9 Å². The average molecular weight is 372 g/mol. The number of benzene rings is 1. The molecule has 0 bridgehead atoms. The summed E-state index contributed by atoms with van der Waals surface area (Å²) in [6.45, 7) is 4.51. The van der Waals surface area contributed by atoms with E-state index in [4.69, 9.17) is 13.9 Å². The largest absolute Gasteiger partial charge is 0.461 e. The van der Waals surface area contributed by atoms with Gasteiger partial charge in [0.15, 0.2) is 11.6 Å². The molecule has 0 atom stereocenters. The predicted molar refractivity (Wildman–Crippen MR) is 104 cm³/mol. The summed E-state index contributed by atoms with van der Waals surface area (Å²) in [5, 5.41) is 4.30. The third-order valence-corrected chi connectivity index (χ3v) is 5.17. The first kappa shape index (κ1) is 16.9. The summed E-state index contributed by atoms with van der Waals surface area (Å²) in [7, 11) is 0. The van der Waals surface area contributed by atoms with Gasteiger partial charge in [-0.2, -0.15) is 0 Å². The minimum Gasteiger partial charge on any atom is -0.461 e. The van der Waals surface area contributed by atoms with Gasteiger partial charge in [-0.05, 0) is 19.1 Å². The highest BCUT2D eigenvalue weighted by molar-refractivity contribution is 5.63. The normalized spacial score (nSPS) is 14.2. The highest BCUT2D eigenvalue weighted by atomic mass is 16.5. The van der Waals surface area contributed by atoms with Gasteiger partial charge >= 0.3 is 0 Å². The zero-order chi connectivity index (χ0) is 18.9. The van der Waals surface area contributed by atoms with E-state index in [0.29, 0.717) is 11.6 Å². The van der Waals surface area contributed by atoms with Crippen LogP contribution in [0.1, 0.15) is 22.6 Å². The molecule has 0 N–H and O–H groups in total. The summed E-state index contributed by atoms with van der Waals surface area (Å²) in [4.78, 5) is 11.6. The van der Waals surface area contributed by atoms with E-state index >= 15 is 0 Å². The number of aryl methyl sites for hydroxylation is 1. The molecule has 1 aliphatic rings. The van der Waals surface area contributed by atoms with Crippen LogP contribution in [0.15, 0.2) is 63.9 Å². The molecule has 0 spiro atoms. The lowest BCUT2D eigenvalue weighted by atomic mass is 10.0. The van der Waals surface area contributed by atoms with Crippen LogP contribution in [0, 0.1) is 6.92 Å². The van der Waals surface area contributed by atoms with Crippen molar-refractivity contribution in [3.8, 4) is 22.8 Å². The second kappa shape index (κ2) is 7.05. The molecule has 0 aliphatic carbocycles. The van der Waals surface area contributed by atoms with Crippen LogP contribution >= 0.6 is 0 Å². The number of furan rings is 1. The van der Waals surface area contributed by atoms with Crippen LogP contribution in [0.4, 0.5) is 0 Å². The van der Waals surface area contributed by atoms with Gasteiger partial charge in [0.05, 0.1) is 12.0 Å². The first-order chi connectivity index (χ1) is 13.8. The zero-order valence-electron chi connectivity index (χ0n) is 15.6. The van der Waals surface area contributed by atoms with Crippen LogP contribution in [0.5, 0.6) is 0 Å². The molecule has 1 aliphatic heterocycles. The van der Waals surface area contributed by atoms with Gasteiger partial charge in [-0.25, -0.2) is 9.97 Å². The standard InChI is InChI=1S/C22H20N4O2/c1-15-18(21(25-28-15)16-6-3-2-4-7-16)14-26-10-9-19-17(13-26)12-23-22(24-19)20-8-5-11-27-20/h2-8,11-12H,9-10,13-14H2,1H3. The first-order valence-corrected chi connectivity index (χ1v) is 9.39. The monoisotopic (exact) mass is 372 g/mol. The molecule has 5 rings (SSSR count). The number of rotatable bonds is 4. The molecule has 0 amide bonds. The Hall–Kier alpha value is -3.25. The predicted octanol–water partition coefficient (Wildman–Crippen LogP) is 4.26. The Balaban J connectivity index is 1.37. The van der Waals surface area contributed by atoms with E-state index in [1.54, 1.807) is 6.26 Å². The molecule has 0 radical (unpaired) electrons. The molecule has 1 aromatic carbocycles. The van der Waals surface area contributed by atoms with E-state index < -0.39 is 0 Å². The Kier molecular flexibility index (Phi) is 4.25. The van der Waals surface area contributed by atoms with Crippen molar-refractivity contribution in [2.75, 3.05) is 6.54 Å². The van der Waals surface area contributed by atoms with Gasteiger partial charge in [-0.1, -0.05) is 35.5 Å². The van der Waals surface area contributed by atoms with Crippen molar-refractivity contribution < 1.29 is 8.94 Å². The highest BCUT2D eigenvalue weighted by Gasteiger charge is 2.23. The minimum absolute atomic E-state index is 0.651. The summed E-state index contributed by atoms with van der Waals surface area (Å²) < 4.78 is 10.9. The van der Waals surface area contributed by atoms with Crippen molar-refractivity contribution in [2.24, 2.45) is 0 Å². The van der Waals surface area contributed by atoms with Crippen LogP contribution in [-0.4, -0.2) is 26.6 Å². The average Bonchev–Trinajstić information content (AvgIpc) is 3.39. The number of nitrogens with zero attached hydrogens (tertiary/aromatic N) is 4. The van der Waals surface area contributed by atoms with E-state index in [1.165, 1.54) is 0 Å². The van der Waals surface area contributed by atoms with Gasteiger partial charge in [-0.15, -0.1) is 0 Å². The van der Waals surface area contributed by atoms with E-state index in [9.17, 15) is 0 Å². The van der Waals surface area contributed by atoms with Gasteiger partial charge < -0.3 is 8.94 Å². The van der Waals surface area contributed by atoms with E-state index in [2.05, 4.69) is 27.2 Å². The van der Waals surface area contributed by atoms with Crippen LogP contribution in [0.2, 0.25) is 0 Å². The van der Waals surface area contributed by atoms with Crippen molar-refractivity contribution in [3.05, 3.63) is 77.5 Å². The smallest absolute Gasteiger partial charge is 0.195 e. The fourth-order valence-corrected chi connectivity index (χ4v) is 3.66. The number of fused-ring (bicyclic) bond motifs is 1. The van der Waals surface area contributed by atoms with Gasteiger partial charge in [0, 0.05) is 48.9 Å². The van der Waals surface area contributed by atoms with Crippen molar-refractivity contribution >= 4 is 0 Å². The minimum atomic E-state index is 0.651. The highest BCUT2D eigenvalue weighted by Crippen LogP contribution is 2.28. The second-order valence-electron chi connectivity index (χ2n) is 7.04. The molecule has 0 unspecified atom stereocenters. The number of hydrogen-bond donors (Lipinski definition) is 0. The van der Waals surface area contributed by atoms with Crippen LogP contribution < -0.4 is 0 Å². The second-order valence-corrected chi connectivity index (χ2v) is 7.04. The third kappa shape index (κ3) is 3.12. The maximum Gasteiger partial charge on any atom is 0.195 e. The molecule has 3 aromatic heterocycles. The number of hydrogen-bond acceptors (Lipinski definition) is 6.